The molecule has 0 heterocycles. The van der Waals surface area contributed by atoms with Gasteiger partial charge in [-0.25, -0.2) is 4.39 Å². The van der Waals surface area contributed by atoms with Gasteiger partial charge in [-0.3, -0.25) is 0 Å². The van der Waals surface area contributed by atoms with Crippen LogP contribution in [0.15, 0.2) is 24.6 Å². The predicted octanol–water partition coefficient (Wildman–Crippen LogP) is 2.44. The molecule has 0 unspecified atom stereocenters. The molecule has 0 rings (SSSR count). The van der Waals surface area contributed by atoms with E-state index in [4.69, 9.17) is 0 Å². The molecule has 0 radical (unpaired) electrons. The second kappa shape index (κ2) is 3.59. The molecule has 7 heavy (non-hydrogen) atoms. The van der Waals surface area contributed by atoms with Crippen LogP contribution in [-0.2, 0) is 0 Å². The molecule has 0 aliphatic heterocycles. The molecule has 0 bridgehead atoms. The Bertz CT molecular complexity index is 82.2. The summed E-state index contributed by atoms with van der Waals surface area (Å²) >= 11 is 0. The minimum absolute atomic E-state index is 0.373. The van der Waals surface area contributed by atoms with Crippen molar-refractivity contribution in [2.75, 3.05) is 0 Å². The molecule has 0 atom stereocenters. The minimum Gasteiger partial charge on any atom is -0.208 e. The third-order valence-corrected chi connectivity index (χ3v) is 0.534. The van der Waals surface area contributed by atoms with Crippen LogP contribution in [0.1, 0.15) is 13.3 Å². The minimum atomic E-state index is -0.373. The van der Waals surface area contributed by atoms with Gasteiger partial charge in [-0.1, -0.05) is 19.6 Å². The van der Waals surface area contributed by atoms with Crippen molar-refractivity contribution in [3.05, 3.63) is 24.6 Å². The number of rotatable bonds is 2. The second-order valence-electron chi connectivity index (χ2n) is 1.26. The molecular formula is C6H9F. The van der Waals surface area contributed by atoms with E-state index in [1.165, 1.54) is 6.08 Å². The van der Waals surface area contributed by atoms with Gasteiger partial charge in [0.1, 0.15) is 5.83 Å². The lowest BCUT2D eigenvalue weighted by Gasteiger charge is -1.75. The van der Waals surface area contributed by atoms with E-state index in [1.54, 1.807) is 6.08 Å². The average molecular weight is 100 g/mol. The highest BCUT2D eigenvalue weighted by Gasteiger charge is 1.73. The molecule has 0 saturated carbocycles. The Morgan fingerprint density at radius 3 is 2.57 bits per heavy atom. The summed E-state index contributed by atoms with van der Waals surface area (Å²) < 4.78 is 11.6. The normalized spacial score (nSPS) is 10.0. The number of allylic oxidation sites excluding steroid dienone is 3. The fourth-order valence-corrected chi connectivity index (χ4v) is 0.246. The number of halogens is 1. The van der Waals surface area contributed by atoms with Crippen molar-refractivity contribution in [1.29, 1.82) is 0 Å². The highest BCUT2D eigenvalue weighted by Crippen LogP contribution is 1.92. The van der Waals surface area contributed by atoms with Crippen LogP contribution in [-0.4, -0.2) is 0 Å². The summed E-state index contributed by atoms with van der Waals surface area (Å²) in [5.41, 5.74) is 0. The van der Waals surface area contributed by atoms with E-state index in [0.717, 1.165) is 6.42 Å². The van der Waals surface area contributed by atoms with Crippen LogP contribution in [0, 0.1) is 0 Å². The monoisotopic (exact) mass is 100 g/mol. The Labute approximate surface area is 43.4 Å². The van der Waals surface area contributed by atoms with Crippen LogP contribution in [0.5, 0.6) is 0 Å². The first-order chi connectivity index (χ1) is 3.27. The molecule has 0 N–H and O–H groups in total. The Morgan fingerprint density at radius 1 is 1.86 bits per heavy atom. The van der Waals surface area contributed by atoms with Gasteiger partial charge in [0.05, 0.1) is 0 Å². The summed E-state index contributed by atoms with van der Waals surface area (Å²) in [4.78, 5) is 0. The number of hydrogen-bond donors (Lipinski definition) is 0. The van der Waals surface area contributed by atoms with E-state index in [0.29, 0.717) is 0 Å². The van der Waals surface area contributed by atoms with E-state index >= 15 is 0 Å². The van der Waals surface area contributed by atoms with Crippen LogP contribution in [0.4, 0.5) is 4.39 Å². The second-order valence-corrected chi connectivity index (χ2v) is 1.26. The Balaban J connectivity index is 3.26. The van der Waals surface area contributed by atoms with E-state index in [-0.39, 0.29) is 5.83 Å². The van der Waals surface area contributed by atoms with Gasteiger partial charge in [0.15, 0.2) is 0 Å². The molecule has 40 valence electrons. The van der Waals surface area contributed by atoms with Crippen molar-refractivity contribution in [2.24, 2.45) is 0 Å². The van der Waals surface area contributed by atoms with Crippen molar-refractivity contribution >= 4 is 0 Å². The smallest absolute Gasteiger partial charge is 0.115 e. The first-order valence-electron chi connectivity index (χ1n) is 2.28. The molecule has 0 fully saturated rings. The molecule has 0 saturated heterocycles. The summed E-state index contributed by atoms with van der Waals surface area (Å²) in [6.45, 7) is 4.98. The van der Waals surface area contributed by atoms with Crippen molar-refractivity contribution in [1.82, 2.24) is 0 Å². The SMILES string of the molecule is C=C(F)C=CCC. The van der Waals surface area contributed by atoms with Crippen molar-refractivity contribution in [3.8, 4) is 0 Å². The van der Waals surface area contributed by atoms with Gasteiger partial charge >= 0.3 is 0 Å². The Hall–Kier alpha value is -0.590. The molecule has 0 aliphatic carbocycles. The van der Waals surface area contributed by atoms with E-state index in [2.05, 4.69) is 6.58 Å². The molecule has 0 aromatic carbocycles. The maximum absolute atomic E-state index is 11.6. The standard InChI is InChI=1S/C6H9F/c1-3-4-5-6(2)7/h4-5H,2-3H2,1H3. The van der Waals surface area contributed by atoms with Gasteiger partial charge in [0.2, 0.25) is 0 Å². The zero-order valence-corrected chi connectivity index (χ0v) is 4.45. The van der Waals surface area contributed by atoms with Crippen LogP contribution in [0.2, 0.25) is 0 Å². The van der Waals surface area contributed by atoms with Gasteiger partial charge in [-0.15, -0.1) is 0 Å². The summed E-state index contributed by atoms with van der Waals surface area (Å²) in [5, 5.41) is 0. The lowest BCUT2D eigenvalue weighted by atomic mass is 10.4. The van der Waals surface area contributed by atoms with Gasteiger partial charge in [0.25, 0.3) is 0 Å². The molecule has 0 spiro atoms. The summed E-state index contributed by atoms with van der Waals surface area (Å²) in [7, 11) is 0. The highest BCUT2D eigenvalue weighted by atomic mass is 19.1. The highest BCUT2D eigenvalue weighted by molar-refractivity contribution is 5.04. The summed E-state index contributed by atoms with van der Waals surface area (Å²) in [6.07, 6.45) is 3.95. The average Bonchev–Trinajstić information content (AvgIpc) is 1.61. The molecular weight excluding hydrogens is 91.1 g/mol. The number of hydrogen-bond acceptors (Lipinski definition) is 0. The zero-order chi connectivity index (χ0) is 5.70. The van der Waals surface area contributed by atoms with Crippen LogP contribution in [0.3, 0.4) is 0 Å². The topological polar surface area (TPSA) is 0 Å². The Morgan fingerprint density at radius 2 is 2.43 bits per heavy atom. The third kappa shape index (κ3) is 5.41. The fraction of sp³-hybridized carbons (Fsp3) is 0.333. The van der Waals surface area contributed by atoms with Crippen LogP contribution >= 0.6 is 0 Å². The zero-order valence-electron chi connectivity index (χ0n) is 4.45. The van der Waals surface area contributed by atoms with Crippen molar-refractivity contribution < 1.29 is 4.39 Å². The molecule has 0 aliphatic rings. The summed E-state index contributed by atoms with van der Waals surface area (Å²) in [5.74, 6) is -0.373. The van der Waals surface area contributed by atoms with Crippen LogP contribution < -0.4 is 0 Å². The molecule has 0 aromatic rings. The summed E-state index contributed by atoms with van der Waals surface area (Å²) in [6, 6.07) is 0. The maximum Gasteiger partial charge on any atom is 0.115 e. The molecule has 0 nitrogen and oxygen atoms in total. The fourth-order valence-electron chi connectivity index (χ4n) is 0.246. The predicted molar refractivity (Wildman–Crippen MR) is 29.7 cm³/mol. The largest absolute Gasteiger partial charge is 0.208 e. The lowest BCUT2D eigenvalue weighted by Crippen LogP contribution is -1.56. The van der Waals surface area contributed by atoms with Gasteiger partial charge in [-0.2, -0.15) is 0 Å². The first-order valence-corrected chi connectivity index (χ1v) is 2.28. The van der Waals surface area contributed by atoms with E-state index in [9.17, 15) is 4.39 Å². The quantitative estimate of drug-likeness (QED) is 0.467. The first kappa shape index (κ1) is 6.41. The lowest BCUT2D eigenvalue weighted by molar-refractivity contribution is 0.670. The Kier molecular flexibility index (Phi) is 3.29. The third-order valence-electron chi connectivity index (χ3n) is 0.534. The van der Waals surface area contributed by atoms with E-state index < -0.39 is 0 Å². The van der Waals surface area contributed by atoms with Crippen molar-refractivity contribution in [2.45, 2.75) is 13.3 Å². The molecule has 0 aromatic heterocycles. The van der Waals surface area contributed by atoms with E-state index in [1.807, 2.05) is 6.92 Å². The maximum atomic E-state index is 11.6. The molecule has 0 amide bonds. The van der Waals surface area contributed by atoms with Crippen molar-refractivity contribution in [3.63, 3.8) is 0 Å². The van der Waals surface area contributed by atoms with Crippen LogP contribution in [0.25, 0.3) is 0 Å². The van der Waals surface area contributed by atoms with Gasteiger partial charge < -0.3 is 0 Å². The molecule has 1 heteroatoms. The van der Waals surface area contributed by atoms with Gasteiger partial charge in [-0.05, 0) is 12.5 Å². The van der Waals surface area contributed by atoms with Gasteiger partial charge in [0, 0.05) is 0 Å².